The highest BCUT2D eigenvalue weighted by Crippen LogP contribution is 2.46. The van der Waals surface area contributed by atoms with E-state index in [-0.39, 0.29) is 23.5 Å². The Morgan fingerprint density at radius 2 is 1.83 bits per heavy atom. The van der Waals surface area contributed by atoms with Crippen LogP contribution in [0.1, 0.15) is 17.2 Å². The maximum atomic E-state index is 14.7. The fourth-order valence-electron chi connectivity index (χ4n) is 3.38. The van der Waals surface area contributed by atoms with Gasteiger partial charge in [0, 0.05) is 30.0 Å². The van der Waals surface area contributed by atoms with Crippen LogP contribution in [0, 0.1) is 5.82 Å². The van der Waals surface area contributed by atoms with Crippen LogP contribution < -0.4 is 16.1 Å². The highest BCUT2D eigenvalue weighted by Gasteiger charge is 2.24. The van der Waals surface area contributed by atoms with Crippen LogP contribution in [0.2, 0.25) is 0 Å². The molecule has 3 rings (SSSR count). The first-order valence-corrected chi connectivity index (χ1v) is 13.6. The Labute approximate surface area is 204 Å². The third-order valence-corrected chi connectivity index (χ3v) is 6.75. The molecule has 0 saturated heterocycles. The van der Waals surface area contributed by atoms with Gasteiger partial charge in [0.05, 0.1) is 12.8 Å². The van der Waals surface area contributed by atoms with Crippen LogP contribution in [-0.4, -0.2) is 47.5 Å². The number of anilines is 1. The van der Waals surface area contributed by atoms with Gasteiger partial charge in [-0.05, 0) is 48.1 Å². The summed E-state index contributed by atoms with van der Waals surface area (Å²) in [5.74, 6) is -1.40. The van der Waals surface area contributed by atoms with E-state index < -0.39 is 27.9 Å². The number of rotatable bonds is 9. The minimum atomic E-state index is -1.28. The van der Waals surface area contributed by atoms with Crippen LogP contribution in [0.4, 0.5) is 10.1 Å². The van der Waals surface area contributed by atoms with Gasteiger partial charge in [0.2, 0.25) is 5.91 Å². The largest absolute Gasteiger partial charge is 0.380 e. The van der Waals surface area contributed by atoms with Crippen LogP contribution >= 0.6 is 10.0 Å². The zero-order chi connectivity index (χ0) is 25.6. The first kappa shape index (κ1) is 26.1. The van der Waals surface area contributed by atoms with Gasteiger partial charge in [-0.2, -0.15) is 5.10 Å². The highest BCUT2D eigenvalue weighted by molar-refractivity contribution is 8.32. The SMILES string of the molecule is COCc1ccc([C@@H](NC(=O)Cn2ccc(=O)cn2)C(=O)Nc2ccc(S(C)(C)C)c(F)c2)cc1. The third kappa shape index (κ3) is 7.24. The number of halogens is 1. The molecule has 2 amide bonds. The minimum Gasteiger partial charge on any atom is -0.380 e. The van der Waals surface area contributed by atoms with Gasteiger partial charge in [-0.1, -0.05) is 24.3 Å². The Balaban J connectivity index is 1.83. The molecule has 0 spiro atoms. The molecular formula is C25H29FN4O4S. The fourth-order valence-corrected chi connectivity index (χ4v) is 4.50. The van der Waals surface area contributed by atoms with Gasteiger partial charge >= 0.3 is 0 Å². The molecule has 1 heterocycles. The van der Waals surface area contributed by atoms with Crippen molar-refractivity contribution in [2.24, 2.45) is 0 Å². The number of aromatic nitrogens is 2. The monoisotopic (exact) mass is 500 g/mol. The topological polar surface area (TPSA) is 102 Å². The number of hydrogen-bond acceptors (Lipinski definition) is 5. The van der Waals surface area contributed by atoms with Crippen molar-refractivity contribution < 1.29 is 18.7 Å². The van der Waals surface area contributed by atoms with Gasteiger partial charge in [0.25, 0.3) is 5.91 Å². The smallest absolute Gasteiger partial charge is 0.251 e. The van der Waals surface area contributed by atoms with E-state index in [0.29, 0.717) is 17.1 Å². The van der Waals surface area contributed by atoms with Crippen molar-refractivity contribution in [1.82, 2.24) is 15.1 Å². The highest BCUT2D eigenvalue weighted by atomic mass is 32.3. The Morgan fingerprint density at radius 3 is 2.40 bits per heavy atom. The molecule has 0 saturated carbocycles. The van der Waals surface area contributed by atoms with Crippen LogP contribution in [-0.2, 0) is 27.5 Å². The van der Waals surface area contributed by atoms with Gasteiger partial charge in [0.1, 0.15) is 18.4 Å². The maximum Gasteiger partial charge on any atom is 0.251 e. The number of amides is 2. The van der Waals surface area contributed by atoms with E-state index in [2.05, 4.69) is 15.7 Å². The van der Waals surface area contributed by atoms with Crippen molar-refractivity contribution in [3.05, 3.63) is 88.1 Å². The van der Waals surface area contributed by atoms with E-state index in [1.165, 1.54) is 23.0 Å². The fraction of sp³-hybridized carbons (Fsp3) is 0.280. The lowest BCUT2D eigenvalue weighted by atomic mass is 10.0. The number of carbonyl (C=O) groups excluding carboxylic acids is 2. The maximum absolute atomic E-state index is 14.7. The predicted octanol–water partition coefficient (Wildman–Crippen LogP) is 3.08. The number of nitrogens with one attached hydrogen (secondary N) is 2. The summed E-state index contributed by atoms with van der Waals surface area (Å²) in [6.07, 6.45) is 8.45. The first-order chi connectivity index (χ1) is 16.6. The summed E-state index contributed by atoms with van der Waals surface area (Å²) in [7, 11) is 0.306. The molecule has 0 aliphatic rings. The van der Waals surface area contributed by atoms with Crippen molar-refractivity contribution in [3.63, 3.8) is 0 Å². The molecular weight excluding hydrogens is 471 g/mol. The van der Waals surface area contributed by atoms with E-state index in [1.54, 1.807) is 43.5 Å². The quantitative estimate of drug-likeness (QED) is 0.470. The van der Waals surface area contributed by atoms with E-state index >= 15 is 0 Å². The van der Waals surface area contributed by atoms with Gasteiger partial charge < -0.3 is 15.4 Å². The van der Waals surface area contributed by atoms with Crippen LogP contribution in [0.5, 0.6) is 0 Å². The Bertz CT molecular complexity index is 1240. The molecule has 186 valence electrons. The summed E-state index contributed by atoms with van der Waals surface area (Å²) in [6, 6.07) is 11.9. The normalized spacial score (nSPS) is 12.6. The Morgan fingerprint density at radius 1 is 1.11 bits per heavy atom. The van der Waals surface area contributed by atoms with Crippen molar-refractivity contribution in [2.75, 3.05) is 31.2 Å². The molecule has 3 aromatic rings. The molecule has 0 aliphatic carbocycles. The lowest BCUT2D eigenvalue weighted by molar-refractivity contribution is -0.127. The number of carbonyl (C=O) groups is 2. The van der Waals surface area contributed by atoms with Crippen molar-refractivity contribution in [3.8, 4) is 0 Å². The van der Waals surface area contributed by atoms with Gasteiger partial charge in [-0.3, -0.25) is 19.1 Å². The van der Waals surface area contributed by atoms with E-state index in [0.717, 1.165) is 11.8 Å². The first-order valence-electron chi connectivity index (χ1n) is 10.8. The van der Waals surface area contributed by atoms with Gasteiger partial charge in [-0.25, -0.2) is 14.4 Å². The molecule has 35 heavy (non-hydrogen) atoms. The summed E-state index contributed by atoms with van der Waals surface area (Å²) in [5.41, 5.74) is 1.46. The molecule has 10 heteroatoms. The van der Waals surface area contributed by atoms with E-state index in [1.807, 2.05) is 18.8 Å². The summed E-state index contributed by atoms with van der Waals surface area (Å²) in [6.45, 7) is 0.215. The molecule has 0 fully saturated rings. The van der Waals surface area contributed by atoms with E-state index in [4.69, 9.17) is 4.74 Å². The Hall–Kier alpha value is -3.50. The molecule has 2 aromatic carbocycles. The number of ether oxygens (including phenoxy) is 1. The summed E-state index contributed by atoms with van der Waals surface area (Å²) < 4.78 is 21.1. The molecule has 1 atom stereocenters. The van der Waals surface area contributed by atoms with Crippen molar-refractivity contribution in [1.29, 1.82) is 0 Å². The zero-order valence-electron chi connectivity index (χ0n) is 20.1. The molecule has 0 bridgehead atoms. The van der Waals surface area contributed by atoms with Crippen LogP contribution in [0.3, 0.4) is 0 Å². The van der Waals surface area contributed by atoms with Gasteiger partial charge in [-0.15, -0.1) is 0 Å². The molecule has 8 nitrogen and oxygen atoms in total. The van der Waals surface area contributed by atoms with Crippen molar-refractivity contribution in [2.45, 2.75) is 24.1 Å². The summed E-state index contributed by atoms with van der Waals surface area (Å²) >= 11 is 0. The summed E-state index contributed by atoms with van der Waals surface area (Å²) in [4.78, 5) is 37.8. The average Bonchev–Trinajstić information content (AvgIpc) is 2.79. The third-order valence-electron chi connectivity index (χ3n) is 5.10. The second-order valence-corrected chi connectivity index (χ2v) is 12.8. The molecule has 0 radical (unpaired) electrons. The predicted molar refractivity (Wildman–Crippen MR) is 135 cm³/mol. The average molecular weight is 501 g/mol. The standard InChI is InChI=1S/C25H29FN4O4S/c1-34-16-17-5-7-18(8-6-17)24(29-23(32)15-30-12-11-20(31)14-27-30)25(33)28-19-9-10-22(21(26)13-19)35(2,3)4/h5-14,24H,15-16H2,1-4H3,(H,28,33)(H,29,32)/t24-/m1/s1. The second-order valence-electron chi connectivity index (χ2n) is 8.71. The lowest BCUT2D eigenvalue weighted by Crippen LogP contribution is -2.39. The van der Waals surface area contributed by atoms with Gasteiger partial charge in [0.15, 0.2) is 5.43 Å². The van der Waals surface area contributed by atoms with Crippen molar-refractivity contribution >= 4 is 27.5 Å². The second kappa shape index (κ2) is 11.3. The molecule has 0 unspecified atom stereocenters. The molecule has 1 aromatic heterocycles. The molecule has 2 N–H and O–H groups in total. The lowest BCUT2D eigenvalue weighted by Gasteiger charge is -2.26. The van der Waals surface area contributed by atoms with Crippen LogP contribution in [0.15, 0.2) is 70.6 Å². The number of nitrogens with zero attached hydrogens (tertiary/aromatic N) is 2. The van der Waals surface area contributed by atoms with Crippen LogP contribution in [0.25, 0.3) is 0 Å². The summed E-state index contributed by atoms with van der Waals surface area (Å²) in [5, 5.41) is 9.28. The van der Waals surface area contributed by atoms with E-state index in [9.17, 15) is 18.8 Å². The number of methoxy groups -OCH3 is 1. The zero-order valence-corrected chi connectivity index (χ0v) is 20.9. The number of hydrogen-bond donors (Lipinski definition) is 2. The Kier molecular flexibility index (Phi) is 8.42. The minimum absolute atomic E-state index is 0.191. The molecule has 0 aliphatic heterocycles. The number of benzene rings is 2.